The number of fused-ring (bicyclic) bond motifs is 1. The first-order valence-electron chi connectivity index (χ1n) is 7.15. The molecule has 0 aromatic carbocycles. The molecule has 0 saturated carbocycles. The maximum Gasteiger partial charge on any atom is 0.310 e. The average molecular weight is 305 g/mol. The highest BCUT2D eigenvalue weighted by Crippen LogP contribution is 2.35. The lowest BCUT2D eigenvalue weighted by Crippen LogP contribution is -2.39. The third kappa shape index (κ3) is 2.48. The Morgan fingerprint density at radius 3 is 3.00 bits per heavy atom. The molecule has 0 aliphatic carbocycles. The van der Waals surface area contributed by atoms with Crippen molar-refractivity contribution in [3.8, 4) is 0 Å². The minimum Gasteiger partial charge on any atom is -0.469 e. The number of esters is 1. The molecule has 0 amide bonds. The predicted molar refractivity (Wildman–Crippen MR) is 83.8 cm³/mol. The summed E-state index contributed by atoms with van der Waals surface area (Å²) in [4.78, 5) is 25.2. The van der Waals surface area contributed by atoms with Crippen molar-refractivity contribution in [2.75, 3.05) is 25.1 Å². The topological polar surface area (TPSA) is 55.3 Å². The van der Waals surface area contributed by atoms with Gasteiger partial charge in [0.2, 0.25) is 0 Å². The van der Waals surface area contributed by atoms with Crippen molar-refractivity contribution in [1.29, 1.82) is 0 Å². The normalized spacial score (nSPS) is 19.0. The Bertz CT molecular complexity index is 683. The van der Waals surface area contributed by atoms with E-state index in [1.54, 1.807) is 17.7 Å². The molecule has 1 saturated heterocycles. The number of hydrogen-bond acceptors (Lipinski definition) is 6. The Labute approximate surface area is 128 Å². The summed E-state index contributed by atoms with van der Waals surface area (Å²) in [6, 6.07) is 0. The number of methoxy groups -OCH3 is 1. The fourth-order valence-electron chi connectivity index (χ4n) is 2.93. The van der Waals surface area contributed by atoms with Crippen LogP contribution in [0.5, 0.6) is 0 Å². The Kier molecular flexibility index (Phi) is 3.80. The number of carbonyl (C=O) groups is 1. The van der Waals surface area contributed by atoms with Crippen LogP contribution in [0, 0.1) is 19.8 Å². The largest absolute Gasteiger partial charge is 0.469 e. The van der Waals surface area contributed by atoms with Gasteiger partial charge in [-0.25, -0.2) is 9.97 Å². The highest BCUT2D eigenvalue weighted by atomic mass is 32.1. The summed E-state index contributed by atoms with van der Waals surface area (Å²) >= 11 is 1.70. The molecule has 1 aliphatic heterocycles. The quantitative estimate of drug-likeness (QED) is 0.799. The summed E-state index contributed by atoms with van der Waals surface area (Å²) in [5.74, 6) is 0.771. The first-order valence-corrected chi connectivity index (χ1v) is 7.97. The zero-order valence-corrected chi connectivity index (χ0v) is 13.4. The van der Waals surface area contributed by atoms with Crippen molar-refractivity contribution < 1.29 is 9.53 Å². The average Bonchev–Trinajstić information content (AvgIpc) is 2.81. The van der Waals surface area contributed by atoms with Gasteiger partial charge in [0.25, 0.3) is 0 Å². The first kappa shape index (κ1) is 14.3. The maximum absolute atomic E-state index is 11.8. The lowest BCUT2D eigenvalue weighted by molar-refractivity contribution is -0.145. The van der Waals surface area contributed by atoms with Gasteiger partial charge >= 0.3 is 5.97 Å². The number of hydrogen-bond donors (Lipinski definition) is 0. The summed E-state index contributed by atoms with van der Waals surface area (Å²) < 4.78 is 4.89. The summed E-state index contributed by atoms with van der Waals surface area (Å²) in [7, 11) is 1.45. The number of ether oxygens (including phenoxy) is 1. The molecule has 1 atom stereocenters. The van der Waals surface area contributed by atoms with Crippen LogP contribution in [0.2, 0.25) is 0 Å². The van der Waals surface area contributed by atoms with Gasteiger partial charge in [0.15, 0.2) is 0 Å². The summed E-state index contributed by atoms with van der Waals surface area (Å²) in [5.41, 5.74) is 1.24. The van der Waals surface area contributed by atoms with Crippen LogP contribution >= 0.6 is 11.3 Å². The highest BCUT2D eigenvalue weighted by Gasteiger charge is 2.28. The van der Waals surface area contributed by atoms with Crippen LogP contribution in [0.3, 0.4) is 0 Å². The molecule has 0 N–H and O–H groups in total. The van der Waals surface area contributed by atoms with E-state index in [9.17, 15) is 4.79 Å². The van der Waals surface area contributed by atoms with E-state index >= 15 is 0 Å². The van der Waals surface area contributed by atoms with Gasteiger partial charge in [-0.3, -0.25) is 4.79 Å². The number of thiophene rings is 1. The molecule has 5 nitrogen and oxygen atoms in total. The zero-order valence-electron chi connectivity index (χ0n) is 12.5. The van der Waals surface area contributed by atoms with Crippen LogP contribution in [0.1, 0.15) is 23.3 Å². The Hall–Kier alpha value is -1.69. The lowest BCUT2D eigenvalue weighted by atomic mass is 9.98. The maximum atomic E-state index is 11.8. The molecule has 1 fully saturated rings. The van der Waals surface area contributed by atoms with Gasteiger partial charge in [0, 0.05) is 18.0 Å². The van der Waals surface area contributed by atoms with Crippen LogP contribution < -0.4 is 4.90 Å². The van der Waals surface area contributed by atoms with Gasteiger partial charge in [0.1, 0.15) is 17.0 Å². The van der Waals surface area contributed by atoms with Crippen LogP contribution in [-0.2, 0) is 9.53 Å². The van der Waals surface area contributed by atoms with Crippen LogP contribution in [0.4, 0.5) is 5.82 Å². The minimum absolute atomic E-state index is 0.0613. The standard InChI is InChI=1S/C15H19N3O2S/c1-9-10(2)21-14-12(9)13(16-8-17-14)18-6-4-5-11(7-18)15(19)20-3/h8,11H,4-7H2,1-3H3. The predicted octanol–water partition coefficient (Wildman–Crippen LogP) is 2.70. The number of aryl methyl sites for hydroxylation is 2. The van der Waals surface area contributed by atoms with Crippen LogP contribution in [0.25, 0.3) is 10.2 Å². The van der Waals surface area contributed by atoms with Crippen LogP contribution in [0.15, 0.2) is 6.33 Å². The van der Waals surface area contributed by atoms with E-state index in [0.29, 0.717) is 6.54 Å². The van der Waals surface area contributed by atoms with Gasteiger partial charge in [-0.15, -0.1) is 11.3 Å². The lowest BCUT2D eigenvalue weighted by Gasteiger charge is -2.32. The van der Waals surface area contributed by atoms with E-state index < -0.39 is 0 Å². The highest BCUT2D eigenvalue weighted by molar-refractivity contribution is 7.18. The second-order valence-corrected chi connectivity index (χ2v) is 6.67. The first-order chi connectivity index (χ1) is 10.1. The molecular formula is C15H19N3O2S. The van der Waals surface area contributed by atoms with Crippen LogP contribution in [-0.4, -0.2) is 36.1 Å². The Morgan fingerprint density at radius 1 is 1.43 bits per heavy atom. The van der Waals surface area contributed by atoms with Gasteiger partial charge < -0.3 is 9.64 Å². The molecule has 1 unspecified atom stereocenters. The second kappa shape index (κ2) is 5.60. The molecule has 3 rings (SSSR count). The van der Waals surface area contributed by atoms with E-state index in [2.05, 4.69) is 28.7 Å². The van der Waals surface area contributed by atoms with Crippen molar-refractivity contribution in [2.24, 2.45) is 5.92 Å². The second-order valence-electron chi connectivity index (χ2n) is 5.47. The number of anilines is 1. The van der Waals surface area contributed by atoms with Gasteiger partial charge in [-0.2, -0.15) is 0 Å². The van der Waals surface area contributed by atoms with E-state index in [4.69, 9.17) is 4.74 Å². The minimum atomic E-state index is -0.122. The van der Waals surface area contributed by atoms with Crippen molar-refractivity contribution in [2.45, 2.75) is 26.7 Å². The molecule has 3 heterocycles. The van der Waals surface area contributed by atoms with Gasteiger partial charge in [-0.1, -0.05) is 0 Å². The van der Waals surface area contributed by atoms with Crippen molar-refractivity contribution >= 4 is 33.3 Å². The molecule has 0 radical (unpaired) electrons. The third-order valence-corrected chi connectivity index (χ3v) is 5.32. The SMILES string of the molecule is COC(=O)C1CCCN(c2ncnc3sc(C)c(C)c23)C1. The van der Waals surface area contributed by atoms with E-state index in [1.807, 2.05) is 0 Å². The van der Waals surface area contributed by atoms with Crippen molar-refractivity contribution in [3.63, 3.8) is 0 Å². The molecule has 2 aromatic rings. The molecular weight excluding hydrogens is 286 g/mol. The number of aromatic nitrogens is 2. The summed E-state index contributed by atoms with van der Waals surface area (Å²) in [6.07, 6.45) is 3.49. The summed E-state index contributed by atoms with van der Waals surface area (Å²) in [5, 5.41) is 1.13. The van der Waals surface area contributed by atoms with Crippen molar-refractivity contribution in [1.82, 2.24) is 9.97 Å². The molecule has 21 heavy (non-hydrogen) atoms. The molecule has 0 bridgehead atoms. The molecule has 2 aromatic heterocycles. The molecule has 0 spiro atoms. The monoisotopic (exact) mass is 305 g/mol. The fraction of sp³-hybridized carbons (Fsp3) is 0.533. The number of carbonyl (C=O) groups excluding carboxylic acids is 1. The number of nitrogens with zero attached hydrogens (tertiary/aromatic N) is 3. The third-order valence-electron chi connectivity index (χ3n) is 4.20. The molecule has 6 heteroatoms. The van der Waals surface area contributed by atoms with Gasteiger partial charge in [-0.05, 0) is 32.3 Å². The van der Waals surface area contributed by atoms with E-state index in [0.717, 1.165) is 35.4 Å². The zero-order chi connectivity index (χ0) is 15.0. The van der Waals surface area contributed by atoms with E-state index in [1.165, 1.54) is 17.6 Å². The molecule has 1 aliphatic rings. The van der Waals surface area contributed by atoms with E-state index in [-0.39, 0.29) is 11.9 Å². The summed E-state index contributed by atoms with van der Waals surface area (Å²) in [6.45, 7) is 5.82. The number of piperidine rings is 1. The smallest absolute Gasteiger partial charge is 0.310 e. The van der Waals surface area contributed by atoms with Crippen molar-refractivity contribution in [3.05, 3.63) is 16.8 Å². The Balaban J connectivity index is 1.98. The number of rotatable bonds is 2. The Morgan fingerprint density at radius 2 is 2.24 bits per heavy atom. The molecule has 112 valence electrons. The van der Waals surface area contributed by atoms with Gasteiger partial charge in [0.05, 0.1) is 18.4 Å². The fourth-order valence-corrected chi connectivity index (χ4v) is 3.92.